The van der Waals surface area contributed by atoms with Crippen molar-refractivity contribution in [2.24, 2.45) is 0 Å². The monoisotopic (exact) mass is 483 g/mol. The fourth-order valence-corrected chi connectivity index (χ4v) is 5.72. The lowest BCUT2D eigenvalue weighted by molar-refractivity contribution is 0.0473. The van der Waals surface area contributed by atoms with Gasteiger partial charge in [0.15, 0.2) is 5.65 Å². The van der Waals surface area contributed by atoms with Crippen LogP contribution in [0.15, 0.2) is 71.8 Å². The number of amides is 1. The maximum Gasteiger partial charge on any atom is 0.410 e. The third-order valence-electron chi connectivity index (χ3n) is 7.57. The van der Waals surface area contributed by atoms with Crippen molar-refractivity contribution >= 4 is 17.3 Å². The lowest BCUT2D eigenvalue weighted by Crippen LogP contribution is -2.41. The van der Waals surface area contributed by atoms with Gasteiger partial charge >= 0.3 is 11.8 Å². The highest BCUT2D eigenvalue weighted by Gasteiger charge is 2.32. The summed E-state index contributed by atoms with van der Waals surface area (Å²) in [7, 11) is 0. The topological polar surface area (TPSA) is 93.1 Å². The Hall–Kier alpha value is -3.94. The number of fused-ring (bicyclic) bond motifs is 2. The highest BCUT2D eigenvalue weighted by Crippen LogP contribution is 2.37. The van der Waals surface area contributed by atoms with Gasteiger partial charge in [-0.1, -0.05) is 36.4 Å². The SMILES string of the molecule is O=C(O[C@@H]1CC[C@@H](c2ccccc2)Cc2cccnc21)N1CCC(n2c(=O)[nH]c3ncccc32)CC1. The molecular weight excluding hydrogens is 454 g/mol. The van der Waals surface area contributed by atoms with Crippen LogP contribution >= 0.6 is 0 Å². The number of hydrogen-bond donors (Lipinski definition) is 1. The van der Waals surface area contributed by atoms with Crippen LogP contribution in [0.5, 0.6) is 0 Å². The van der Waals surface area contributed by atoms with Crippen LogP contribution in [-0.4, -0.2) is 43.6 Å². The van der Waals surface area contributed by atoms with Gasteiger partial charge in [-0.2, -0.15) is 0 Å². The van der Waals surface area contributed by atoms with E-state index in [1.165, 1.54) is 5.56 Å². The molecule has 0 spiro atoms. The summed E-state index contributed by atoms with van der Waals surface area (Å²) in [6, 6.07) is 18.3. The van der Waals surface area contributed by atoms with Gasteiger partial charge in [0.1, 0.15) is 6.10 Å². The van der Waals surface area contributed by atoms with Gasteiger partial charge in [0, 0.05) is 31.5 Å². The maximum atomic E-state index is 13.2. The van der Waals surface area contributed by atoms with Crippen LogP contribution in [-0.2, 0) is 11.2 Å². The number of rotatable bonds is 3. The molecule has 0 saturated carbocycles. The molecule has 1 fully saturated rings. The number of H-pyrrole nitrogens is 1. The number of likely N-dealkylation sites (tertiary alicyclic amines) is 1. The minimum atomic E-state index is -0.359. The Morgan fingerprint density at radius 2 is 1.69 bits per heavy atom. The van der Waals surface area contributed by atoms with Gasteiger partial charge in [0.2, 0.25) is 0 Å². The van der Waals surface area contributed by atoms with Gasteiger partial charge in [-0.3, -0.25) is 14.5 Å². The number of piperidine rings is 1. The number of carbonyl (C=O) groups is 1. The smallest absolute Gasteiger partial charge is 0.410 e. The number of pyridine rings is 2. The summed E-state index contributed by atoms with van der Waals surface area (Å²) < 4.78 is 7.86. The number of nitrogens with one attached hydrogen (secondary N) is 1. The molecule has 6 rings (SSSR count). The molecule has 1 aromatic carbocycles. The molecule has 1 amide bonds. The van der Waals surface area contributed by atoms with E-state index in [1.54, 1.807) is 21.9 Å². The average molecular weight is 484 g/mol. The third-order valence-corrected chi connectivity index (χ3v) is 7.57. The first-order chi connectivity index (χ1) is 17.7. The van der Waals surface area contributed by atoms with Crippen molar-refractivity contribution < 1.29 is 9.53 Å². The summed E-state index contributed by atoms with van der Waals surface area (Å²) >= 11 is 0. The highest BCUT2D eigenvalue weighted by molar-refractivity contribution is 5.70. The summed E-state index contributed by atoms with van der Waals surface area (Å²) in [5.74, 6) is 0.373. The van der Waals surface area contributed by atoms with Gasteiger partial charge in [0.05, 0.1) is 11.2 Å². The molecule has 0 unspecified atom stereocenters. The summed E-state index contributed by atoms with van der Waals surface area (Å²) in [6.07, 6.45) is 6.72. The number of aromatic amines is 1. The fraction of sp³-hybridized carbons (Fsp3) is 0.357. The van der Waals surface area contributed by atoms with Gasteiger partial charge < -0.3 is 9.64 Å². The maximum absolute atomic E-state index is 13.2. The molecule has 8 heteroatoms. The Kier molecular flexibility index (Phi) is 6.01. The molecule has 4 aromatic rings. The number of carbonyl (C=O) groups excluding carboxylic acids is 1. The molecule has 2 atom stereocenters. The van der Waals surface area contributed by atoms with Crippen molar-refractivity contribution in [3.8, 4) is 0 Å². The molecular formula is C28H29N5O3. The van der Waals surface area contributed by atoms with Crippen LogP contribution in [0, 0.1) is 0 Å². The van der Waals surface area contributed by atoms with Gasteiger partial charge in [-0.15, -0.1) is 0 Å². The van der Waals surface area contributed by atoms with E-state index in [-0.39, 0.29) is 23.9 Å². The number of hydrogen-bond acceptors (Lipinski definition) is 5. The van der Waals surface area contributed by atoms with Crippen molar-refractivity contribution in [2.75, 3.05) is 13.1 Å². The quantitative estimate of drug-likeness (QED) is 0.424. The van der Waals surface area contributed by atoms with E-state index < -0.39 is 0 Å². The molecule has 1 saturated heterocycles. The van der Waals surface area contributed by atoms with Crippen molar-refractivity contribution in [1.29, 1.82) is 0 Å². The summed E-state index contributed by atoms with van der Waals surface area (Å²) in [4.78, 5) is 39.2. The summed E-state index contributed by atoms with van der Waals surface area (Å²) in [5, 5.41) is 0. The minimum Gasteiger partial charge on any atom is -0.440 e. The van der Waals surface area contributed by atoms with E-state index in [0.29, 0.717) is 37.5 Å². The van der Waals surface area contributed by atoms with Crippen molar-refractivity contribution in [3.63, 3.8) is 0 Å². The Balaban J connectivity index is 1.14. The van der Waals surface area contributed by atoms with Crippen LogP contribution < -0.4 is 5.69 Å². The summed E-state index contributed by atoms with van der Waals surface area (Å²) in [6.45, 7) is 1.08. The molecule has 0 radical (unpaired) electrons. The lowest BCUT2D eigenvalue weighted by Gasteiger charge is -2.33. The van der Waals surface area contributed by atoms with E-state index in [4.69, 9.17) is 4.74 Å². The Morgan fingerprint density at radius 3 is 2.53 bits per heavy atom. The molecule has 1 N–H and O–H groups in total. The minimum absolute atomic E-state index is 0.0198. The second-order valence-corrected chi connectivity index (χ2v) is 9.70. The average Bonchev–Trinajstić information content (AvgIpc) is 3.15. The van der Waals surface area contributed by atoms with E-state index >= 15 is 0 Å². The predicted octanol–water partition coefficient (Wildman–Crippen LogP) is 4.75. The predicted molar refractivity (Wildman–Crippen MR) is 136 cm³/mol. The highest BCUT2D eigenvalue weighted by atomic mass is 16.6. The van der Waals surface area contributed by atoms with Crippen LogP contribution in [0.2, 0.25) is 0 Å². The Labute approximate surface area is 209 Å². The van der Waals surface area contributed by atoms with E-state index in [1.807, 2.05) is 24.3 Å². The number of imidazole rings is 1. The van der Waals surface area contributed by atoms with Crippen LogP contribution in [0.4, 0.5) is 4.79 Å². The number of nitrogens with zero attached hydrogens (tertiary/aromatic N) is 4. The Morgan fingerprint density at radius 1 is 0.917 bits per heavy atom. The standard InChI is InChI=1S/C28H29N5O3/c34-27-31-26-23(9-5-15-30-26)33(27)22-12-16-32(17-13-22)28(35)36-24-11-10-20(19-6-2-1-3-7-19)18-21-8-4-14-29-25(21)24/h1-9,14-15,20,22,24H,10-13,16-18H2,(H,30,31,34)/t20-,24-/m1/s1. The molecule has 1 aliphatic heterocycles. The Bertz CT molecular complexity index is 1420. The van der Waals surface area contributed by atoms with Crippen molar-refractivity contribution in [1.82, 2.24) is 24.4 Å². The molecule has 1 aliphatic carbocycles. The molecule has 184 valence electrons. The largest absolute Gasteiger partial charge is 0.440 e. The third kappa shape index (κ3) is 4.27. The van der Waals surface area contributed by atoms with Crippen molar-refractivity contribution in [3.05, 3.63) is 94.3 Å². The first-order valence-electron chi connectivity index (χ1n) is 12.7. The van der Waals surface area contributed by atoms with Crippen molar-refractivity contribution in [2.45, 2.75) is 50.2 Å². The molecule has 8 nitrogen and oxygen atoms in total. The first kappa shape index (κ1) is 22.5. The number of aromatic nitrogens is 4. The zero-order valence-electron chi connectivity index (χ0n) is 20.0. The van der Waals surface area contributed by atoms with Gasteiger partial charge in [-0.25, -0.2) is 14.6 Å². The van der Waals surface area contributed by atoms with E-state index in [2.05, 4.69) is 45.3 Å². The molecule has 2 aliphatic rings. The normalized spacial score (nSPS) is 20.6. The summed E-state index contributed by atoms with van der Waals surface area (Å²) in [5.41, 5.74) is 4.57. The van der Waals surface area contributed by atoms with Gasteiger partial charge in [0.25, 0.3) is 0 Å². The number of benzene rings is 1. The van der Waals surface area contributed by atoms with Gasteiger partial charge in [-0.05, 0) is 67.3 Å². The van der Waals surface area contributed by atoms with E-state index in [0.717, 1.165) is 36.0 Å². The van der Waals surface area contributed by atoms with E-state index in [9.17, 15) is 9.59 Å². The fourth-order valence-electron chi connectivity index (χ4n) is 5.72. The molecule has 0 bridgehead atoms. The van der Waals surface area contributed by atoms with Crippen LogP contribution in [0.1, 0.15) is 60.6 Å². The molecule has 36 heavy (non-hydrogen) atoms. The lowest BCUT2D eigenvalue weighted by atomic mass is 9.90. The molecule has 3 aromatic heterocycles. The number of ether oxygens (including phenoxy) is 1. The zero-order chi connectivity index (χ0) is 24.5. The zero-order valence-corrected chi connectivity index (χ0v) is 20.0. The second kappa shape index (κ2) is 9.60. The second-order valence-electron chi connectivity index (χ2n) is 9.70. The first-order valence-corrected chi connectivity index (χ1v) is 12.7. The van der Waals surface area contributed by atoms with Crippen LogP contribution in [0.25, 0.3) is 11.2 Å². The molecule has 4 heterocycles. The van der Waals surface area contributed by atoms with Crippen LogP contribution in [0.3, 0.4) is 0 Å².